The number of hydrogen-bond donors (Lipinski definition) is 2. The number of rotatable bonds is 5. The van der Waals surface area contributed by atoms with Gasteiger partial charge in [-0.25, -0.2) is 4.79 Å². The highest BCUT2D eigenvalue weighted by atomic mass is 16.5. The molecule has 0 unspecified atom stereocenters. The first-order chi connectivity index (χ1) is 12.0. The Morgan fingerprint density at radius 3 is 2.64 bits per heavy atom. The van der Waals surface area contributed by atoms with E-state index in [1.165, 1.54) is 7.11 Å². The van der Waals surface area contributed by atoms with Crippen LogP contribution < -0.4 is 10.1 Å². The molecule has 134 valence electrons. The lowest BCUT2D eigenvalue weighted by molar-refractivity contribution is -0.121. The van der Waals surface area contributed by atoms with Gasteiger partial charge in [-0.2, -0.15) is 5.10 Å². The Hall–Kier alpha value is -2.57. The summed E-state index contributed by atoms with van der Waals surface area (Å²) in [7, 11) is 1.45. The van der Waals surface area contributed by atoms with E-state index in [-0.39, 0.29) is 23.6 Å². The second-order valence-electron chi connectivity index (χ2n) is 6.45. The molecule has 1 heterocycles. The molecule has 1 saturated carbocycles. The Morgan fingerprint density at radius 1 is 1.32 bits per heavy atom. The van der Waals surface area contributed by atoms with Crippen LogP contribution in [0.4, 0.5) is 0 Å². The van der Waals surface area contributed by atoms with Crippen LogP contribution in [0.1, 0.15) is 55.4 Å². The fourth-order valence-corrected chi connectivity index (χ4v) is 3.41. The highest BCUT2D eigenvalue weighted by molar-refractivity contribution is 5.96. The quantitative estimate of drug-likeness (QED) is 0.869. The second kappa shape index (κ2) is 7.13. The molecule has 7 nitrogen and oxygen atoms in total. The number of nitrogens with one attached hydrogen (secondary N) is 1. The van der Waals surface area contributed by atoms with Crippen LogP contribution in [-0.2, 0) is 4.79 Å². The predicted molar refractivity (Wildman–Crippen MR) is 93.0 cm³/mol. The molecular weight excluding hydrogens is 322 g/mol. The van der Waals surface area contributed by atoms with Crippen LogP contribution in [0.25, 0.3) is 10.9 Å². The number of amides is 1. The third-order valence-corrected chi connectivity index (χ3v) is 4.83. The van der Waals surface area contributed by atoms with Crippen LogP contribution in [0.3, 0.4) is 0 Å². The number of benzene rings is 1. The molecule has 1 aliphatic carbocycles. The van der Waals surface area contributed by atoms with Gasteiger partial charge in [-0.15, -0.1) is 0 Å². The first-order valence-electron chi connectivity index (χ1n) is 8.61. The number of aromatic nitrogens is 2. The summed E-state index contributed by atoms with van der Waals surface area (Å²) in [5.74, 6) is -0.600. The summed E-state index contributed by atoms with van der Waals surface area (Å²) in [6, 6.07) is 3.78. The van der Waals surface area contributed by atoms with Crippen LogP contribution in [-0.4, -0.2) is 39.9 Å². The summed E-state index contributed by atoms with van der Waals surface area (Å²) in [4.78, 5) is 22.8. The number of carboxylic acid groups (broad SMARTS) is 1. The minimum Gasteiger partial charge on any atom is -0.496 e. The normalized spacial score (nSPS) is 20.4. The van der Waals surface area contributed by atoms with Crippen molar-refractivity contribution in [2.75, 3.05) is 7.11 Å². The molecule has 1 aromatic carbocycles. The van der Waals surface area contributed by atoms with Crippen molar-refractivity contribution in [2.24, 2.45) is 0 Å². The Morgan fingerprint density at radius 2 is 2.04 bits per heavy atom. The number of fused-ring (bicyclic) bond motifs is 1. The summed E-state index contributed by atoms with van der Waals surface area (Å²) in [6.45, 7) is 1.86. The molecule has 3 rings (SSSR count). The summed E-state index contributed by atoms with van der Waals surface area (Å²) in [5.41, 5.74) is 0.865. The Kier molecular flexibility index (Phi) is 4.92. The van der Waals surface area contributed by atoms with Gasteiger partial charge in [0.05, 0.1) is 18.7 Å². The van der Waals surface area contributed by atoms with Crippen molar-refractivity contribution in [2.45, 2.75) is 51.1 Å². The van der Waals surface area contributed by atoms with Gasteiger partial charge >= 0.3 is 5.97 Å². The topological polar surface area (TPSA) is 93.5 Å². The largest absolute Gasteiger partial charge is 0.496 e. The maximum absolute atomic E-state index is 11.5. The zero-order chi connectivity index (χ0) is 18.0. The van der Waals surface area contributed by atoms with Crippen LogP contribution in [0.2, 0.25) is 0 Å². The van der Waals surface area contributed by atoms with Gasteiger partial charge in [-0.1, -0.05) is 6.92 Å². The summed E-state index contributed by atoms with van der Waals surface area (Å²) in [5, 5.41) is 17.7. The first-order valence-corrected chi connectivity index (χ1v) is 8.61. The summed E-state index contributed by atoms with van der Waals surface area (Å²) in [6.07, 6.45) is 6.14. The highest BCUT2D eigenvalue weighted by Crippen LogP contribution is 2.31. The molecular formula is C18H23N3O4. The molecule has 0 bridgehead atoms. The smallest absolute Gasteiger partial charge is 0.339 e. The molecule has 0 spiro atoms. The molecule has 1 fully saturated rings. The Bertz CT molecular complexity index is 791. The van der Waals surface area contributed by atoms with E-state index >= 15 is 0 Å². The van der Waals surface area contributed by atoms with Crippen molar-refractivity contribution < 1.29 is 19.4 Å². The maximum atomic E-state index is 11.5. The molecule has 1 aromatic heterocycles. The molecule has 25 heavy (non-hydrogen) atoms. The third-order valence-electron chi connectivity index (χ3n) is 4.83. The number of carbonyl (C=O) groups excluding carboxylic acids is 1. The van der Waals surface area contributed by atoms with E-state index in [0.29, 0.717) is 12.2 Å². The zero-order valence-corrected chi connectivity index (χ0v) is 14.5. The van der Waals surface area contributed by atoms with E-state index < -0.39 is 5.97 Å². The van der Waals surface area contributed by atoms with Crippen molar-refractivity contribution >= 4 is 22.8 Å². The van der Waals surface area contributed by atoms with Crippen molar-refractivity contribution in [3.05, 3.63) is 23.9 Å². The lowest BCUT2D eigenvalue weighted by Crippen LogP contribution is -2.37. The molecule has 0 atom stereocenters. The lowest BCUT2D eigenvalue weighted by Gasteiger charge is -2.29. The molecule has 0 radical (unpaired) electrons. The number of aromatic carboxylic acids is 1. The van der Waals surface area contributed by atoms with Crippen LogP contribution >= 0.6 is 0 Å². The zero-order valence-electron chi connectivity index (χ0n) is 14.5. The van der Waals surface area contributed by atoms with E-state index in [1.54, 1.807) is 12.1 Å². The van der Waals surface area contributed by atoms with Gasteiger partial charge in [-0.3, -0.25) is 9.48 Å². The van der Waals surface area contributed by atoms with Crippen LogP contribution in [0.5, 0.6) is 5.75 Å². The van der Waals surface area contributed by atoms with E-state index in [1.807, 2.05) is 17.8 Å². The molecule has 7 heteroatoms. The molecule has 1 aliphatic rings. The SMILES string of the molecule is CCC(=O)NC1CCC(n2cc3cc(C(=O)O)c(OC)cc3n2)CC1. The predicted octanol–water partition coefficient (Wildman–Crippen LogP) is 2.75. The maximum Gasteiger partial charge on any atom is 0.339 e. The minimum absolute atomic E-state index is 0.0987. The molecule has 1 amide bonds. The van der Waals surface area contributed by atoms with Gasteiger partial charge in [0.2, 0.25) is 5.91 Å². The molecule has 0 aliphatic heterocycles. The molecule has 2 N–H and O–H groups in total. The van der Waals surface area contributed by atoms with Gasteiger partial charge < -0.3 is 15.2 Å². The number of methoxy groups -OCH3 is 1. The Labute approximate surface area is 146 Å². The van der Waals surface area contributed by atoms with E-state index in [0.717, 1.165) is 36.6 Å². The summed E-state index contributed by atoms with van der Waals surface area (Å²) < 4.78 is 7.09. The average molecular weight is 345 g/mol. The van der Waals surface area contributed by atoms with Gasteiger partial charge in [0.25, 0.3) is 0 Å². The van der Waals surface area contributed by atoms with Crippen molar-refractivity contribution in [1.29, 1.82) is 0 Å². The minimum atomic E-state index is -1.02. The number of carbonyl (C=O) groups is 2. The standard InChI is InChI=1S/C18H23N3O4/c1-3-17(22)19-12-4-6-13(7-5-12)21-10-11-8-14(18(23)24)16(25-2)9-15(11)20-21/h8-10,12-13H,3-7H2,1-2H3,(H,19,22)(H,23,24). The van der Waals surface area contributed by atoms with Crippen molar-refractivity contribution in [1.82, 2.24) is 15.1 Å². The Balaban J connectivity index is 1.76. The molecule has 0 saturated heterocycles. The van der Waals surface area contributed by atoms with Crippen LogP contribution in [0, 0.1) is 0 Å². The van der Waals surface area contributed by atoms with Gasteiger partial charge in [0, 0.05) is 30.1 Å². The number of ether oxygens (including phenoxy) is 1. The lowest BCUT2D eigenvalue weighted by atomic mass is 9.91. The summed E-state index contributed by atoms with van der Waals surface area (Å²) >= 11 is 0. The van der Waals surface area contributed by atoms with E-state index in [9.17, 15) is 14.7 Å². The fraction of sp³-hybridized carbons (Fsp3) is 0.500. The first kappa shape index (κ1) is 17.3. The van der Waals surface area contributed by atoms with E-state index in [4.69, 9.17) is 4.74 Å². The van der Waals surface area contributed by atoms with Crippen molar-refractivity contribution in [3.63, 3.8) is 0 Å². The number of nitrogens with zero attached hydrogens (tertiary/aromatic N) is 2. The highest BCUT2D eigenvalue weighted by Gasteiger charge is 2.24. The van der Waals surface area contributed by atoms with Gasteiger partial charge in [0.1, 0.15) is 11.3 Å². The second-order valence-corrected chi connectivity index (χ2v) is 6.45. The van der Waals surface area contributed by atoms with Crippen LogP contribution in [0.15, 0.2) is 18.3 Å². The fourth-order valence-electron chi connectivity index (χ4n) is 3.41. The molecule has 2 aromatic rings. The van der Waals surface area contributed by atoms with Gasteiger partial charge in [-0.05, 0) is 31.7 Å². The number of hydrogen-bond acceptors (Lipinski definition) is 4. The number of carboxylic acids is 1. The van der Waals surface area contributed by atoms with Crippen molar-refractivity contribution in [3.8, 4) is 5.75 Å². The average Bonchev–Trinajstić information content (AvgIpc) is 3.03. The van der Waals surface area contributed by atoms with E-state index in [2.05, 4.69) is 10.4 Å². The third kappa shape index (κ3) is 3.60. The van der Waals surface area contributed by atoms with Gasteiger partial charge in [0.15, 0.2) is 0 Å². The monoisotopic (exact) mass is 345 g/mol.